The van der Waals surface area contributed by atoms with Crippen LogP contribution in [0.15, 0.2) is 30.3 Å². The number of ether oxygens (including phenoxy) is 2. The molecule has 0 amide bonds. The molecule has 0 spiro atoms. The highest BCUT2D eigenvalue weighted by molar-refractivity contribution is 5.69. The monoisotopic (exact) mass is 258 g/mol. The zero-order valence-corrected chi connectivity index (χ0v) is 9.83. The Morgan fingerprint density at radius 3 is 2.50 bits per heavy atom. The summed E-state index contributed by atoms with van der Waals surface area (Å²) < 4.78 is 48.9. The molecule has 18 heavy (non-hydrogen) atoms. The van der Waals surface area contributed by atoms with Crippen LogP contribution in [0, 0.1) is 0 Å². The second kappa shape index (κ2) is 5.12. The first-order valence-corrected chi connectivity index (χ1v) is 5.59. The highest BCUT2D eigenvalue weighted by Gasteiger charge is 2.34. The summed E-state index contributed by atoms with van der Waals surface area (Å²) in [6, 6.07) is 6.16. The van der Waals surface area contributed by atoms with Crippen molar-refractivity contribution in [3.05, 3.63) is 41.5 Å². The van der Waals surface area contributed by atoms with E-state index in [0.717, 1.165) is 6.08 Å². The van der Waals surface area contributed by atoms with Gasteiger partial charge in [-0.3, -0.25) is 0 Å². The summed E-state index contributed by atoms with van der Waals surface area (Å²) in [4.78, 5) is 0. The van der Waals surface area contributed by atoms with Gasteiger partial charge in [-0.05, 0) is 18.6 Å². The Balaban J connectivity index is 2.31. The molecule has 2 rings (SSSR count). The van der Waals surface area contributed by atoms with E-state index in [9.17, 15) is 13.2 Å². The van der Waals surface area contributed by atoms with Crippen molar-refractivity contribution in [2.24, 2.45) is 0 Å². The van der Waals surface area contributed by atoms with Crippen molar-refractivity contribution in [3.63, 3.8) is 0 Å². The molecule has 0 unspecified atom stereocenters. The molecule has 1 aromatic carbocycles. The number of allylic oxidation sites excluding steroid dienone is 2. The molecule has 1 fully saturated rings. The third-order valence-electron chi connectivity index (χ3n) is 2.69. The van der Waals surface area contributed by atoms with Gasteiger partial charge in [-0.15, -0.1) is 0 Å². The van der Waals surface area contributed by atoms with Crippen LogP contribution in [0.3, 0.4) is 0 Å². The maximum absolute atomic E-state index is 12.8. The molecule has 0 saturated carbocycles. The number of rotatable bonds is 2. The predicted octanol–water partition coefficient (Wildman–Crippen LogP) is 3.70. The number of hydrogen-bond donors (Lipinski definition) is 0. The van der Waals surface area contributed by atoms with Crippen molar-refractivity contribution in [1.29, 1.82) is 0 Å². The van der Waals surface area contributed by atoms with E-state index in [0.29, 0.717) is 18.8 Å². The van der Waals surface area contributed by atoms with E-state index in [2.05, 4.69) is 0 Å². The number of alkyl halides is 3. The van der Waals surface area contributed by atoms with Gasteiger partial charge in [0.1, 0.15) is 0 Å². The number of hydrogen-bond acceptors (Lipinski definition) is 2. The van der Waals surface area contributed by atoms with Crippen molar-refractivity contribution in [3.8, 4) is 0 Å². The Hall–Kier alpha value is -1.33. The lowest BCUT2D eigenvalue weighted by atomic mass is 10.0. The highest BCUT2D eigenvalue weighted by atomic mass is 19.4. The average Bonchev–Trinajstić information content (AvgIpc) is 2.82. The summed E-state index contributed by atoms with van der Waals surface area (Å²) in [6.07, 6.45) is -3.85. The van der Waals surface area contributed by atoms with Crippen molar-refractivity contribution in [2.75, 3.05) is 13.2 Å². The number of halogens is 3. The smallest absolute Gasteiger partial charge is 0.346 e. The van der Waals surface area contributed by atoms with E-state index in [1.807, 2.05) is 0 Å². The summed E-state index contributed by atoms with van der Waals surface area (Å²) >= 11 is 0. The lowest BCUT2D eigenvalue weighted by Gasteiger charge is -2.14. The molecule has 0 atom stereocenters. The highest BCUT2D eigenvalue weighted by Crippen LogP contribution is 2.35. The third kappa shape index (κ3) is 2.73. The van der Waals surface area contributed by atoms with Crippen LogP contribution in [0.25, 0.3) is 5.57 Å². The van der Waals surface area contributed by atoms with Crippen LogP contribution in [0.2, 0.25) is 0 Å². The van der Waals surface area contributed by atoms with E-state index < -0.39 is 18.0 Å². The van der Waals surface area contributed by atoms with Crippen LogP contribution in [0.1, 0.15) is 24.3 Å². The second-order valence-electron chi connectivity index (χ2n) is 3.90. The summed E-state index contributed by atoms with van der Waals surface area (Å²) in [7, 11) is 0. The molecule has 1 saturated heterocycles. The maximum atomic E-state index is 12.8. The minimum Gasteiger partial charge on any atom is -0.346 e. The fourth-order valence-electron chi connectivity index (χ4n) is 1.90. The van der Waals surface area contributed by atoms with Crippen molar-refractivity contribution < 1.29 is 22.6 Å². The van der Waals surface area contributed by atoms with Crippen molar-refractivity contribution in [2.45, 2.75) is 19.4 Å². The Morgan fingerprint density at radius 2 is 1.94 bits per heavy atom. The van der Waals surface area contributed by atoms with Gasteiger partial charge in [0.05, 0.1) is 18.8 Å². The summed E-state index contributed by atoms with van der Waals surface area (Å²) in [5.41, 5.74) is 0.0811. The normalized spacial score (nSPS) is 18.3. The minimum atomic E-state index is -4.36. The first-order chi connectivity index (χ1) is 8.52. The van der Waals surface area contributed by atoms with E-state index in [4.69, 9.17) is 9.47 Å². The van der Waals surface area contributed by atoms with Gasteiger partial charge in [0.25, 0.3) is 0 Å². The first kappa shape index (κ1) is 13.1. The predicted molar refractivity (Wildman–Crippen MR) is 60.8 cm³/mol. The molecule has 1 aliphatic rings. The van der Waals surface area contributed by atoms with Crippen LogP contribution in [-0.2, 0) is 9.47 Å². The van der Waals surface area contributed by atoms with E-state index in [-0.39, 0.29) is 5.56 Å². The van der Waals surface area contributed by atoms with Gasteiger partial charge in [0.2, 0.25) is 0 Å². The zero-order valence-electron chi connectivity index (χ0n) is 9.83. The van der Waals surface area contributed by atoms with Crippen LogP contribution < -0.4 is 0 Å². The average molecular weight is 258 g/mol. The van der Waals surface area contributed by atoms with Gasteiger partial charge in [0.15, 0.2) is 6.29 Å². The van der Waals surface area contributed by atoms with Crippen molar-refractivity contribution >= 4 is 5.57 Å². The van der Waals surface area contributed by atoms with Crippen LogP contribution >= 0.6 is 0 Å². The molecule has 0 aromatic heterocycles. The SMILES string of the molecule is C/C=C(/c1cccc(C2OCCO2)c1)C(F)(F)F. The maximum Gasteiger partial charge on any atom is 0.416 e. The quantitative estimate of drug-likeness (QED) is 0.805. The molecule has 0 aliphatic carbocycles. The standard InChI is InChI=1S/C13H13F3O2/c1-2-11(13(14,15)16)9-4-3-5-10(8-9)12-17-6-7-18-12/h2-5,8,12H,6-7H2,1H3/b11-2-. The first-order valence-electron chi connectivity index (χ1n) is 5.59. The Kier molecular flexibility index (Phi) is 3.73. The molecule has 1 aromatic rings. The van der Waals surface area contributed by atoms with Crippen LogP contribution in [0.4, 0.5) is 13.2 Å². The third-order valence-corrected chi connectivity index (χ3v) is 2.69. The fraction of sp³-hybridized carbons (Fsp3) is 0.385. The molecule has 98 valence electrons. The van der Waals surface area contributed by atoms with E-state index in [1.54, 1.807) is 12.1 Å². The molecule has 1 aliphatic heterocycles. The van der Waals surface area contributed by atoms with E-state index >= 15 is 0 Å². The molecule has 0 radical (unpaired) electrons. The molecule has 2 nitrogen and oxygen atoms in total. The molecular weight excluding hydrogens is 245 g/mol. The molecule has 0 N–H and O–H groups in total. The van der Waals surface area contributed by atoms with Gasteiger partial charge in [-0.25, -0.2) is 0 Å². The molecule has 5 heteroatoms. The lowest BCUT2D eigenvalue weighted by Crippen LogP contribution is -2.11. The van der Waals surface area contributed by atoms with E-state index in [1.165, 1.54) is 19.1 Å². The van der Waals surface area contributed by atoms with Gasteiger partial charge >= 0.3 is 6.18 Å². The second-order valence-corrected chi connectivity index (χ2v) is 3.90. The lowest BCUT2D eigenvalue weighted by molar-refractivity contribution is -0.0691. The van der Waals surface area contributed by atoms with Gasteiger partial charge in [-0.2, -0.15) is 13.2 Å². The topological polar surface area (TPSA) is 18.5 Å². The molecule has 0 bridgehead atoms. The minimum absolute atomic E-state index is 0.126. The Bertz CT molecular complexity index is 446. The van der Waals surface area contributed by atoms with Crippen molar-refractivity contribution in [1.82, 2.24) is 0 Å². The number of benzene rings is 1. The van der Waals surface area contributed by atoms with Crippen LogP contribution in [0.5, 0.6) is 0 Å². The zero-order chi connectivity index (χ0) is 13.2. The fourth-order valence-corrected chi connectivity index (χ4v) is 1.90. The molecular formula is C13H13F3O2. The molecule has 1 heterocycles. The Morgan fingerprint density at radius 1 is 1.28 bits per heavy atom. The van der Waals surface area contributed by atoms with Gasteiger partial charge < -0.3 is 9.47 Å². The van der Waals surface area contributed by atoms with Gasteiger partial charge in [-0.1, -0.05) is 24.3 Å². The van der Waals surface area contributed by atoms with Gasteiger partial charge in [0, 0.05) is 5.56 Å². The summed E-state index contributed by atoms with van der Waals surface area (Å²) in [5, 5.41) is 0. The largest absolute Gasteiger partial charge is 0.416 e. The summed E-state index contributed by atoms with van der Waals surface area (Å²) in [5.74, 6) is 0. The Labute approximate surface area is 103 Å². The summed E-state index contributed by atoms with van der Waals surface area (Å²) in [6.45, 7) is 2.30. The van der Waals surface area contributed by atoms with Crippen LogP contribution in [-0.4, -0.2) is 19.4 Å².